The van der Waals surface area contributed by atoms with E-state index in [1.165, 1.54) is 0 Å². The Hall–Kier alpha value is -1.98. The Morgan fingerprint density at radius 3 is 2.87 bits per heavy atom. The van der Waals surface area contributed by atoms with Crippen molar-refractivity contribution < 1.29 is 13.3 Å². The van der Waals surface area contributed by atoms with Gasteiger partial charge in [-0.15, -0.1) is 0 Å². The largest absolute Gasteiger partial charge is 0.438 e. The second-order valence-corrected chi connectivity index (χ2v) is 2.95. The minimum Gasteiger partial charge on any atom is -0.296 e. The molecule has 6 heteroatoms. The van der Waals surface area contributed by atoms with Crippen LogP contribution < -0.4 is 5.76 Å². The molecule has 0 saturated carbocycles. The molecule has 0 fully saturated rings. The molecular weight excluding hydrogens is 206 g/mol. The molecule has 1 aromatic carbocycles. The van der Waals surface area contributed by atoms with E-state index in [2.05, 4.69) is 14.7 Å². The van der Waals surface area contributed by atoms with Gasteiger partial charge >= 0.3 is 5.76 Å². The van der Waals surface area contributed by atoms with Gasteiger partial charge in [-0.25, -0.2) is 13.6 Å². The van der Waals surface area contributed by atoms with Crippen LogP contribution in [0.25, 0.3) is 0 Å². The smallest absolute Gasteiger partial charge is 0.296 e. The van der Waals surface area contributed by atoms with Crippen molar-refractivity contribution in [3.8, 4) is 0 Å². The summed E-state index contributed by atoms with van der Waals surface area (Å²) >= 11 is 0. The van der Waals surface area contributed by atoms with E-state index in [4.69, 9.17) is 0 Å². The number of nitrogens with one attached hydrogen (secondary N) is 1. The molecule has 0 saturated heterocycles. The number of H-pyrrole nitrogens is 1. The Labute approximate surface area is 82.5 Å². The molecule has 2 aromatic rings. The van der Waals surface area contributed by atoms with Crippen molar-refractivity contribution in [1.82, 2.24) is 10.1 Å². The van der Waals surface area contributed by atoms with Crippen LogP contribution in [0.15, 0.2) is 27.5 Å². The molecule has 1 aromatic heterocycles. The highest BCUT2D eigenvalue weighted by Crippen LogP contribution is 2.12. The van der Waals surface area contributed by atoms with Crippen LogP contribution in [-0.2, 0) is 6.42 Å². The SMILES string of the molecule is O=c1[nH]c(Cc2cc(F)ccc2F)no1. The molecule has 2 rings (SSSR count). The molecule has 15 heavy (non-hydrogen) atoms. The monoisotopic (exact) mass is 212 g/mol. The van der Waals surface area contributed by atoms with Gasteiger partial charge in [0.25, 0.3) is 0 Å². The van der Waals surface area contributed by atoms with E-state index in [0.29, 0.717) is 0 Å². The lowest BCUT2D eigenvalue weighted by molar-refractivity contribution is 0.382. The summed E-state index contributed by atoms with van der Waals surface area (Å²) < 4.78 is 30.1. The maximum absolute atomic E-state index is 13.1. The molecule has 1 N–H and O–H groups in total. The molecule has 0 radical (unpaired) electrons. The summed E-state index contributed by atoms with van der Waals surface area (Å²) in [5.41, 5.74) is 0.111. The predicted octanol–water partition coefficient (Wildman–Crippen LogP) is 1.23. The van der Waals surface area contributed by atoms with Crippen molar-refractivity contribution in [2.45, 2.75) is 6.42 Å². The maximum Gasteiger partial charge on any atom is 0.438 e. The number of nitrogens with zero attached hydrogens (tertiary/aromatic N) is 1. The number of hydrogen-bond acceptors (Lipinski definition) is 3. The van der Waals surface area contributed by atoms with E-state index in [1.807, 2.05) is 0 Å². The molecule has 4 nitrogen and oxygen atoms in total. The fourth-order valence-corrected chi connectivity index (χ4v) is 1.20. The molecule has 0 amide bonds. The Kier molecular flexibility index (Phi) is 2.32. The van der Waals surface area contributed by atoms with Gasteiger partial charge in [0, 0.05) is 6.42 Å². The minimum absolute atomic E-state index is 0.0185. The third-order valence-electron chi connectivity index (χ3n) is 1.85. The molecule has 0 unspecified atom stereocenters. The van der Waals surface area contributed by atoms with Gasteiger partial charge in [-0.05, 0) is 23.8 Å². The third kappa shape index (κ3) is 2.09. The third-order valence-corrected chi connectivity index (χ3v) is 1.85. The molecule has 0 aliphatic heterocycles. The molecule has 78 valence electrons. The normalized spacial score (nSPS) is 10.5. The summed E-state index contributed by atoms with van der Waals surface area (Å²) in [6, 6.07) is 3.08. The summed E-state index contributed by atoms with van der Waals surface area (Å²) in [7, 11) is 0. The first-order valence-electron chi connectivity index (χ1n) is 4.14. The molecule has 0 atom stereocenters. The number of rotatable bonds is 2. The Morgan fingerprint density at radius 1 is 1.40 bits per heavy atom. The summed E-state index contributed by atoms with van der Waals surface area (Å²) in [4.78, 5) is 12.8. The van der Waals surface area contributed by atoms with Crippen LogP contribution in [0, 0.1) is 11.6 Å². The van der Waals surface area contributed by atoms with Crippen molar-refractivity contribution in [3.05, 3.63) is 51.8 Å². The van der Waals surface area contributed by atoms with Crippen molar-refractivity contribution in [2.24, 2.45) is 0 Å². The topological polar surface area (TPSA) is 58.9 Å². The number of aromatic nitrogens is 2. The van der Waals surface area contributed by atoms with Crippen molar-refractivity contribution in [2.75, 3.05) is 0 Å². The second-order valence-electron chi connectivity index (χ2n) is 2.95. The predicted molar refractivity (Wildman–Crippen MR) is 46.3 cm³/mol. The fraction of sp³-hybridized carbons (Fsp3) is 0.111. The molecule has 0 aliphatic rings. The van der Waals surface area contributed by atoms with E-state index in [1.54, 1.807) is 0 Å². The van der Waals surface area contributed by atoms with E-state index >= 15 is 0 Å². The van der Waals surface area contributed by atoms with Crippen LogP contribution >= 0.6 is 0 Å². The van der Waals surface area contributed by atoms with Gasteiger partial charge in [0.05, 0.1) is 0 Å². The van der Waals surface area contributed by atoms with Gasteiger partial charge < -0.3 is 0 Å². The summed E-state index contributed by atoms with van der Waals surface area (Å²) in [5.74, 6) is -1.66. The summed E-state index contributed by atoms with van der Waals surface area (Å²) in [6.45, 7) is 0. The zero-order chi connectivity index (χ0) is 10.8. The van der Waals surface area contributed by atoms with Crippen LogP contribution in [0.1, 0.15) is 11.4 Å². The van der Waals surface area contributed by atoms with Gasteiger partial charge in [0.2, 0.25) is 0 Å². The Balaban J connectivity index is 2.31. The lowest BCUT2D eigenvalue weighted by Gasteiger charge is -1.99. The Morgan fingerprint density at radius 2 is 2.20 bits per heavy atom. The summed E-state index contributed by atoms with van der Waals surface area (Å²) in [6.07, 6.45) is -0.0185. The van der Waals surface area contributed by atoms with Crippen molar-refractivity contribution >= 4 is 0 Å². The van der Waals surface area contributed by atoms with Gasteiger partial charge in [-0.2, -0.15) is 0 Å². The molecular formula is C9H6F2N2O2. The summed E-state index contributed by atoms with van der Waals surface area (Å²) in [5, 5.41) is 3.35. The number of hydrogen-bond donors (Lipinski definition) is 1. The van der Waals surface area contributed by atoms with E-state index in [0.717, 1.165) is 18.2 Å². The standard InChI is InChI=1S/C9H6F2N2O2/c10-6-1-2-7(11)5(3-6)4-8-12-9(14)15-13-8/h1-3H,4H2,(H,12,13,14). The van der Waals surface area contributed by atoms with Crippen molar-refractivity contribution in [1.29, 1.82) is 0 Å². The maximum atomic E-state index is 13.1. The van der Waals surface area contributed by atoms with Crippen LogP contribution in [0.2, 0.25) is 0 Å². The first-order chi connectivity index (χ1) is 7.15. The average Bonchev–Trinajstić information content (AvgIpc) is 2.58. The first-order valence-corrected chi connectivity index (χ1v) is 4.14. The van der Waals surface area contributed by atoms with Crippen LogP contribution in [0.3, 0.4) is 0 Å². The van der Waals surface area contributed by atoms with Gasteiger partial charge in [0.15, 0.2) is 5.82 Å². The highest BCUT2D eigenvalue weighted by Gasteiger charge is 2.08. The Bertz CT molecular complexity index is 533. The van der Waals surface area contributed by atoms with Crippen LogP contribution in [0.4, 0.5) is 8.78 Å². The molecule has 1 heterocycles. The van der Waals surface area contributed by atoms with E-state index in [9.17, 15) is 13.6 Å². The van der Waals surface area contributed by atoms with E-state index in [-0.39, 0.29) is 17.8 Å². The number of halogens is 2. The molecule has 0 bridgehead atoms. The lowest BCUT2D eigenvalue weighted by atomic mass is 10.1. The molecule has 0 aliphatic carbocycles. The fourth-order valence-electron chi connectivity index (χ4n) is 1.20. The molecule has 0 spiro atoms. The van der Waals surface area contributed by atoms with Gasteiger partial charge in [-0.3, -0.25) is 9.51 Å². The highest BCUT2D eigenvalue weighted by atomic mass is 19.1. The van der Waals surface area contributed by atoms with Gasteiger partial charge in [-0.1, -0.05) is 5.16 Å². The lowest BCUT2D eigenvalue weighted by Crippen LogP contribution is -1.99. The average molecular weight is 212 g/mol. The van der Waals surface area contributed by atoms with Crippen molar-refractivity contribution in [3.63, 3.8) is 0 Å². The highest BCUT2D eigenvalue weighted by molar-refractivity contribution is 5.21. The van der Waals surface area contributed by atoms with Gasteiger partial charge in [0.1, 0.15) is 11.6 Å². The number of aromatic amines is 1. The van der Waals surface area contributed by atoms with E-state index < -0.39 is 17.4 Å². The quantitative estimate of drug-likeness (QED) is 0.814. The minimum atomic E-state index is -0.721. The van der Waals surface area contributed by atoms with Crippen LogP contribution in [-0.4, -0.2) is 10.1 Å². The second kappa shape index (κ2) is 3.64. The number of benzene rings is 1. The first kappa shape index (κ1) is 9.57. The zero-order valence-corrected chi connectivity index (χ0v) is 7.46. The van der Waals surface area contributed by atoms with Crippen LogP contribution in [0.5, 0.6) is 0 Å². The zero-order valence-electron chi connectivity index (χ0n) is 7.46.